The molecule has 0 fully saturated rings. The molecule has 0 aliphatic carbocycles. The number of nitrogens with zero attached hydrogens (tertiary/aromatic N) is 3. The van der Waals surface area contributed by atoms with Crippen LogP contribution in [0.3, 0.4) is 0 Å². The van der Waals surface area contributed by atoms with Crippen molar-refractivity contribution >= 4 is 28.8 Å². The molecule has 2 amide bonds. The van der Waals surface area contributed by atoms with Gasteiger partial charge in [-0.15, -0.1) is 17.8 Å². The number of rotatable bonds is 5. The summed E-state index contributed by atoms with van der Waals surface area (Å²) in [5.74, 6) is 1.67. The van der Waals surface area contributed by atoms with Crippen LogP contribution >= 0.6 is 11.3 Å². The first kappa shape index (κ1) is 21.9. The normalized spacial score (nSPS) is 10.4. The molecule has 0 atom stereocenters. The fourth-order valence-electron chi connectivity index (χ4n) is 2.95. The molecule has 2 N–H and O–H groups in total. The lowest BCUT2D eigenvalue weighted by atomic mass is 10.1. The molecule has 2 aromatic heterocycles. The lowest BCUT2D eigenvalue weighted by molar-refractivity contribution is -0.115. The minimum atomic E-state index is -0.436. The molecule has 0 saturated heterocycles. The maximum absolute atomic E-state index is 12.6. The SMILES string of the molecule is C#Cc1cccc(NC(=O)CNC(=O)c2sc(-c3c(C)c(C)nn(C)c3=O)nc2C)c1. The van der Waals surface area contributed by atoms with E-state index in [0.717, 1.165) is 16.9 Å². The molecule has 3 rings (SSSR count). The van der Waals surface area contributed by atoms with Crippen LogP contribution in [0.1, 0.15) is 32.2 Å². The number of hydrogen-bond acceptors (Lipinski definition) is 6. The highest BCUT2D eigenvalue weighted by Gasteiger charge is 2.21. The van der Waals surface area contributed by atoms with E-state index < -0.39 is 5.91 Å². The summed E-state index contributed by atoms with van der Waals surface area (Å²) in [6, 6.07) is 6.86. The lowest BCUT2D eigenvalue weighted by Crippen LogP contribution is -2.32. The van der Waals surface area contributed by atoms with Crippen LogP contribution in [0, 0.1) is 33.1 Å². The van der Waals surface area contributed by atoms with E-state index in [-0.39, 0.29) is 18.0 Å². The number of amides is 2. The number of anilines is 1. The van der Waals surface area contributed by atoms with Crippen molar-refractivity contribution < 1.29 is 9.59 Å². The van der Waals surface area contributed by atoms with Crippen molar-refractivity contribution in [3.05, 3.63) is 62.0 Å². The molecular weight excluding hydrogens is 414 g/mol. The molecule has 8 nitrogen and oxygen atoms in total. The molecule has 9 heteroatoms. The molecular formula is C22H21N5O3S. The first-order chi connectivity index (χ1) is 14.7. The second kappa shape index (κ2) is 8.93. The summed E-state index contributed by atoms with van der Waals surface area (Å²) < 4.78 is 1.26. The van der Waals surface area contributed by atoms with E-state index in [1.807, 2.05) is 6.92 Å². The minimum Gasteiger partial charge on any atom is -0.342 e. The van der Waals surface area contributed by atoms with Gasteiger partial charge >= 0.3 is 0 Å². The molecule has 2 heterocycles. The maximum atomic E-state index is 12.6. The second-order valence-corrected chi connectivity index (χ2v) is 7.90. The third kappa shape index (κ3) is 4.70. The summed E-state index contributed by atoms with van der Waals surface area (Å²) in [7, 11) is 1.57. The van der Waals surface area contributed by atoms with Gasteiger partial charge in [0.25, 0.3) is 11.5 Å². The molecule has 0 saturated carbocycles. The van der Waals surface area contributed by atoms with Gasteiger partial charge in [-0.2, -0.15) is 5.10 Å². The van der Waals surface area contributed by atoms with Crippen LogP contribution in [-0.4, -0.2) is 33.1 Å². The van der Waals surface area contributed by atoms with Crippen LogP contribution in [0.2, 0.25) is 0 Å². The van der Waals surface area contributed by atoms with Crippen LogP contribution in [0.4, 0.5) is 5.69 Å². The van der Waals surface area contributed by atoms with Crippen LogP contribution in [0.15, 0.2) is 29.1 Å². The first-order valence-corrected chi connectivity index (χ1v) is 10.2. The number of terminal acetylenes is 1. The molecule has 0 radical (unpaired) electrons. The lowest BCUT2D eigenvalue weighted by Gasteiger charge is -2.07. The van der Waals surface area contributed by atoms with Crippen LogP contribution < -0.4 is 16.2 Å². The summed E-state index contributed by atoms with van der Waals surface area (Å²) in [5.41, 5.74) is 3.24. The Labute approximate surface area is 183 Å². The van der Waals surface area contributed by atoms with Crippen molar-refractivity contribution in [3.63, 3.8) is 0 Å². The minimum absolute atomic E-state index is 0.221. The van der Waals surface area contributed by atoms with E-state index in [4.69, 9.17) is 6.42 Å². The monoisotopic (exact) mass is 435 g/mol. The zero-order valence-corrected chi connectivity index (χ0v) is 18.4. The van der Waals surface area contributed by atoms with Gasteiger partial charge in [-0.05, 0) is 44.5 Å². The Balaban J connectivity index is 1.74. The Hall–Kier alpha value is -3.77. The molecule has 0 aliphatic heterocycles. The number of aryl methyl sites for hydroxylation is 3. The Bertz CT molecular complexity index is 1280. The van der Waals surface area contributed by atoms with E-state index >= 15 is 0 Å². The first-order valence-electron chi connectivity index (χ1n) is 9.38. The second-order valence-electron chi connectivity index (χ2n) is 6.90. The zero-order chi connectivity index (χ0) is 22.7. The summed E-state index contributed by atoms with van der Waals surface area (Å²) >= 11 is 1.11. The molecule has 158 valence electrons. The van der Waals surface area contributed by atoms with Crippen LogP contribution in [0.5, 0.6) is 0 Å². The van der Waals surface area contributed by atoms with E-state index in [1.165, 1.54) is 4.68 Å². The zero-order valence-electron chi connectivity index (χ0n) is 17.6. The molecule has 0 aliphatic rings. The Morgan fingerprint density at radius 3 is 2.68 bits per heavy atom. The van der Waals surface area contributed by atoms with Crippen molar-refractivity contribution in [2.75, 3.05) is 11.9 Å². The number of thiazole rings is 1. The Morgan fingerprint density at radius 2 is 1.97 bits per heavy atom. The topological polar surface area (TPSA) is 106 Å². The highest BCUT2D eigenvalue weighted by atomic mass is 32.1. The highest BCUT2D eigenvalue weighted by molar-refractivity contribution is 7.17. The van der Waals surface area contributed by atoms with Crippen molar-refractivity contribution in [1.29, 1.82) is 0 Å². The predicted molar refractivity (Wildman–Crippen MR) is 120 cm³/mol. The molecule has 0 bridgehead atoms. The number of carbonyl (C=O) groups is 2. The number of benzene rings is 1. The standard InChI is InChI=1S/C22H21N5O3S/c1-6-15-8-7-9-16(10-15)25-17(28)11-23-20(29)19-14(4)24-21(31-19)18-12(2)13(3)26-27(5)22(18)30/h1,7-10H,11H2,2-5H3,(H,23,29)(H,25,28). The summed E-state index contributed by atoms with van der Waals surface area (Å²) in [6.45, 7) is 5.08. The van der Waals surface area contributed by atoms with Gasteiger partial charge in [0.2, 0.25) is 5.91 Å². The molecule has 3 aromatic rings. The quantitative estimate of drug-likeness (QED) is 0.598. The van der Waals surface area contributed by atoms with Crippen molar-refractivity contribution in [3.8, 4) is 22.9 Å². The molecule has 1 aromatic carbocycles. The van der Waals surface area contributed by atoms with Crippen molar-refractivity contribution in [1.82, 2.24) is 20.1 Å². The maximum Gasteiger partial charge on any atom is 0.277 e. The molecule has 31 heavy (non-hydrogen) atoms. The van der Waals surface area contributed by atoms with Gasteiger partial charge in [0.15, 0.2) is 0 Å². The van der Waals surface area contributed by atoms with E-state index in [9.17, 15) is 14.4 Å². The van der Waals surface area contributed by atoms with Gasteiger partial charge in [0.05, 0.1) is 23.5 Å². The third-order valence-corrected chi connectivity index (χ3v) is 5.84. The van der Waals surface area contributed by atoms with E-state index in [0.29, 0.717) is 38.1 Å². The highest BCUT2D eigenvalue weighted by Crippen LogP contribution is 2.28. The van der Waals surface area contributed by atoms with Crippen molar-refractivity contribution in [2.45, 2.75) is 20.8 Å². The van der Waals surface area contributed by atoms with Gasteiger partial charge in [0.1, 0.15) is 9.88 Å². The largest absolute Gasteiger partial charge is 0.342 e. The number of nitrogens with one attached hydrogen (secondary N) is 2. The van der Waals surface area contributed by atoms with Gasteiger partial charge in [-0.3, -0.25) is 14.4 Å². The third-order valence-electron chi connectivity index (χ3n) is 4.66. The Kier molecular flexibility index (Phi) is 6.32. The smallest absolute Gasteiger partial charge is 0.277 e. The number of hydrogen-bond donors (Lipinski definition) is 2. The van der Waals surface area contributed by atoms with Gasteiger partial charge in [-0.1, -0.05) is 12.0 Å². The van der Waals surface area contributed by atoms with Gasteiger partial charge < -0.3 is 10.6 Å². The average molecular weight is 436 g/mol. The fraction of sp³-hybridized carbons (Fsp3) is 0.227. The molecule has 0 spiro atoms. The predicted octanol–water partition coefficient (Wildman–Crippen LogP) is 2.18. The fourth-order valence-corrected chi connectivity index (χ4v) is 4.02. The van der Waals surface area contributed by atoms with Gasteiger partial charge in [-0.25, -0.2) is 9.67 Å². The van der Waals surface area contributed by atoms with Crippen molar-refractivity contribution in [2.24, 2.45) is 7.05 Å². The van der Waals surface area contributed by atoms with E-state index in [2.05, 4.69) is 26.6 Å². The van der Waals surface area contributed by atoms with Crippen LogP contribution in [0.25, 0.3) is 10.6 Å². The van der Waals surface area contributed by atoms with E-state index in [1.54, 1.807) is 45.2 Å². The summed E-state index contributed by atoms with van der Waals surface area (Å²) in [5, 5.41) is 9.88. The Morgan fingerprint density at radius 1 is 1.23 bits per heavy atom. The summed E-state index contributed by atoms with van der Waals surface area (Å²) in [6.07, 6.45) is 5.36. The average Bonchev–Trinajstić information content (AvgIpc) is 3.12. The van der Waals surface area contributed by atoms with Crippen LogP contribution in [-0.2, 0) is 11.8 Å². The summed E-state index contributed by atoms with van der Waals surface area (Å²) in [4.78, 5) is 42.1. The van der Waals surface area contributed by atoms with Gasteiger partial charge in [0, 0.05) is 18.3 Å². The molecule has 0 unspecified atom stereocenters. The number of carbonyl (C=O) groups excluding carboxylic acids is 2. The number of aromatic nitrogens is 3.